The highest BCUT2D eigenvalue weighted by Gasteiger charge is 2.29. The number of hydrogen-bond donors (Lipinski definition) is 0. The summed E-state index contributed by atoms with van der Waals surface area (Å²) in [6, 6.07) is 5.37. The summed E-state index contributed by atoms with van der Waals surface area (Å²) in [5.41, 5.74) is 0.493. The Labute approximate surface area is 147 Å². The van der Waals surface area contributed by atoms with Gasteiger partial charge in [0.2, 0.25) is 5.91 Å². The molecule has 3 rings (SSSR count). The molecule has 0 radical (unpaired) electrons. The summed E-state index contributed by atoms with van der Waals surface area (Å²) in [7, 11) is 0. The summed E-state index contributed by atoms with van der Waals surface area (Å²) >= 11 is 0. The van der Waals surface area contributed by atoms with Gasteiger partial charge in [0.15, 0.2) is 5.78 Å². The molecule has 6 nitrogen and oxygen atoms in total. The summed E-state index contributed by atoms with van der Waals surface area (Å²) in [5.74, 6) is 0.997. The predicted molar refractivity (Wildman–Crippen MR) is 94.1 cm³/mol. The van der Waals surface area contributed by atoms with E-state index in [-0.39, 0.29) is 17.6 Å². The van der Waals surface area contributed by atoms with Crippen LogP contribution >= 0.6 is 0 Å². The van der Waals surface area contributed by atoms with Crippen LogP contribution in [-0.2, 0) is 17.8 Å². The molecule has 0 aliphatic carbocycles. The molecule has 25 heavy (non-hydrogen) atoms. The number of hydrogen-bond acceptors (Lipinski definition) is 4. The fraction of sp³-hybridized carbons (Fsp3) is 0.474. The van der Waals surface area contributed by atoms with Gasteiger partial charge in [-0.2, -0.15) is 0 Å². The van der Waals surface area contributed by atoms with Gasteiger partial charge in [0.05, 0.1) is 0 Å². The van der Waals surface area contributed by atoms with E-state index in [1.807, 2.05) is 21.7 Å². The third-order valence-electron chi connectivity index (χ3n) is 4.75. The van der Waals surface area contributed by atoms with Crippen LogP contribution in [0.4, 0.5) is 0 Å². The number of rotatable bonds is 6. The van der Waals surface area contributed by atoms with Crippen molar-refractivity contribution in [3.8, 4) is 0 Å². The number of likely N-dealkylation sites (tertiary alicyclic amines) is 1. The van der Waals surface area contributed by atoms with Crippen LogP contribution in [0.25, 0.3) is 0 Å². The molecule has 0 unspecified atom stereocenters. The van der Waals surface area contributed by atoms with Crippen molar-refractivity contribution < 1.29 is 9.59 Å². The molecule has 1 aliphatic rings. The minimum Gasteiger partial charge on any atom is -0.342 e. The van der Waals surface area contributed by atoms with E-state index in [1.54, 1.807) is 24.5 Å². The second-order valence-corrected chi connectivity index (χ2v) is 6.40. The lowest BCUT2D eigenvalue weighted by Crippen LogP contribution is -2.42. The van der Waals surface area contributed by atoms with Gasteiger partial charge in [-0.25, -0.2) is 4.98 Å². The predicted octanol–water partition coefficient (Wildman–Crippen LogP) is 2.35. The molecule has 0 spiro atoms. The molecule has 0 N–H and O–H groups in total. The molecule has 0 aromatic carbocycles. The highest BCUT2D eigenvalue weighted by atomic mass is 16.2. The lowest BCUT2D eigenvalue weighted by Gasteiger charge is -2.32. The zero-order valence-electron chi connectivity index (χ0n) is 14.6. The first-order chi connectivity index (χ1) is 12.2. The fourth-order valence-electron chi connectivity index (χ4n) is 3.37. The maximum atomic E-state index is 12.6. The zero-order valence-corrected chi connectivity index (χ0v) is 14.6. The molecule has 2 aromatic rings. The quantitative estimate of drug-likeness (QED) is 0.757. The zero-order chi connectivity index (χ0) is 17.6. The third-order valence-corrected chi connectivity index (χ3v) is 4.75. The van der Waals surface area contributed by atoms with Crippen molar-refractivity contribution in [2.45, 2.75) is 39.2 Å². The van der Waals surface area contributed by atoms with Crippen molar-refractivity contribution in [3.05, 3.63) is 48.3 Å². The Bertz CT molecular complexity index is 726. The van der Waals surface area contributed by atoms with Crippen LogP contribution in [0.3, 0.4) is 0 Å². The maximum absolute atomic E-state index is 12.6. The van der Waals surface area contributed by atoms with Crippen molar-refractivity contribution >= 4 is 11.7 Å². The van der Waals surface area contributed by atoms with Gasteiger partial charge in [-0.3, -0.25) is 14.6 Å². The second-order valence-electron chi connectivity index (χ2n) is 6.40. The Balaban J connectivity index is 1.57. The van der Waals surface area contributed by atoms with E-state index in [9.17, 15) is 9.59 Å². The van der Waals surface area contributed by atoms with Crippen molar-refractivity contribution in [1.29, 1.82) is 0 Å². The number of carbonyl (C=O) groups excluding carboxylic acids is 2. The monoisotopic (exact) mass is 340 g/mol. The standard InChI is InChI=1S/C19H24N4O2/c1-2-17-21-10-13-22(17)12-8-18(24)23-11-5-6-15(14-23)19(25)16-7-3-4-9-20-16/h3-4,7,9-10,13,15H,2,5-6,8,11-12,14H2,1H3/t15-/m0/s1. The number of Topliss-reactive ketones (excluding diaryl/α,β-unsaturated/α-hetero) is 1. The van der Waals surface area contributed by atoms with Crippen LogP contribution in [0.1, 0.15) is 42.5 Å². The number of piperidine rings is 1. The van der Waals surface area contributed by atoms with Crippen LogP contribution in [0.2, 0.25) is 0 Å². The van der Waals surface area contributed by atoms with Gasteiger partial charge >= 0.3 is 0 Å². The summed E-state index contributed by atoms with van der Waals surface area (Å²) in [4.78, 5) is 35.4. The molecule has 6 heteroatoms. The number of aryl methyl sites for hydroxylation is 2. The minimum absolute atomic E-state index is 0.0426. The molecule has 0 bridgehead atoms. The molecule has 132 valence electrons. The molecule has 1 amide bonds. The highest BCUT2D eigenvalue weighted by Crippen LogP contribution is 2.21. The Kier molecular flexibility index (Phi) is 5.58. The van der Waals surface area contributed by atoms with E-state index in [1.165, 1.54) is 0 Å². The Morgan fingerprint density at radius 1 is 1.24 bits per heavy atom. The number of nitrogens with zero attached hydrogens (tertiary/aromatic N) is 4. The first kappa shape index (κ1) is 17.3. The number of aromatic nitrogens is 3. The van der Waals surface area contributed by atoms with Gasteiger partial charge in [0, 0.05) is 57.0 Å². The first-order valence-electron chi connectivity index (χ1n) is 8.92. The molecule has 0 saturated carbocycles. The molecule has 1 aliphatic heterocycles. The average Bonchev–Trinajstić information content (AvgIpc) is 3.14. The first-order valence-corrected chi connectivity index (χ1v) is 8.92. The van der Waals surface area contributed by atoms with Gasteiger partial charge in [-0.15, -0.1) is 0 Å². The number of pyridine rings is 1. The molecule has 1 fully saturated rings. The summed E-state index contributed by atoms with van der Waals surface area (Å²) in [6.45, 7) is 3.92. The van der Waals surface area contributed by atoms with Crippen molar-refractivity contribution in [2.75, 3.05) is 13.1 Å². The Hall–Kier alpha value is -2.50. The number of carbonyl (C=O) groups is 2. The second kappa shape index (κ2) is 8.05. The molecular weight excluding hydrogens is 316 g/mol. The van der Waals surface area contributed by atoms with E-state index in [2.05, 4.69) is 16.9 Å². The Morgan fingerprint density at radius 2 is 2.12 bits per heavy atom. The summed E-state index contributed by atoms with van der Waals surface area (Å²) in [5, 5.41) is 0. The summed E-state index contributed by atoms with van der Waals surface area (Å²) in [6.07, 6.45) is 8.29. The molecular formula is C19H24N4O2. The van der Waals surface area contributed by atoms with Gasteiger partial charge in [0.1, 0.15) is 11.5 Å². The number of ketones is 1. The van der Waals surface area contributed by atoms with Gasteiger partial charge in [-0.1, -0.05) is 13.0 Å². The van der Waals surface area contributed by atoms with Crippen molar-refractivity contribution in [1.82, 2.24) is 19.4 Å². The lowest BCUT2D eigenvalue weighted by molar-refractivity contribution is -0.132. The smallest absolute Gasteiger partial charge is 0.224 e. The van der Waals surface area contributed by atoms with Crippen LogP contribution in [0, 0.1) is 5.92 Å². The number of amides is 1. The topological polar surface area (TPSA) is 68.1 Å². The van der Waals surface area contributed by atoms with E-state index in [0.29, 0.717) is 25.2 Å². The van der Waals surface area contributed by atoms with Crippen LogP contribution in [-0.4, -0.2) is 44.2 Å². The van der Waals surface area contributed by atoms with E-state index in [4.69, 9.17) is 0 Å². The van der Waals surface area contributed by atoms with Crippen molar-refractivity contribution in [3.63, 3.8) is 0 Å². The summed E-state index contributed by atoms with van der Waals surface area (Å²) < 4.78 is 2.03. The van der Waals surface area contributed by atoms with Crippen LogP contribution in [0.5, 0.6) is 0 Å². The molecule has 3 heterocycles. The normalized spacial score (nSPS) is 17.5. The number of imidazole rings is 1. The van der Waals surface area contributed by atoms with Crippen LogP contribution < -0.4 is 0 Å². The van der Waals surface area contributed by atoms with Crippen LogP contribution in [0.15, 0.2) is 36.8 Å². The fourth-order valence-corrected chi connectivity index (χ4v) is 3.37. The van der Waals surface area contributed by atoms with E-state index >= 15 is 0 Å². The van der Waals surface area contributed by atoms with Gasteiger partial charge in [0.25, 0.3) is 0 Å². The highest BCUT2D eigenvalue weighted by molar-refractivity contribution is 5.96. The van der Waals surface area contributed by atoms with E-state index < -0.39 is 0 Å². The minimum atomic E-state index is -0.146. The van der Waals surface area contributed by atoms with Gasteiger partial charge < -0.3 is 9.47 Å². The molecule has 2 aromatic heterocycles. The van der Waals surface area contributed by atoms with Gasteiger partial charge in [-0.05, 0) is 25.0 Å². The SMILES string of the molecule is CCc1nccn1CCC(=O)N1CCC[C@H](C(=O)c2ccccn2)C1. The molecule has 1 saturated heterocycles. The van der Waals surface area contributed by atoms with Crippen molar-refractivity contribution in [2.24, 2.45) is 5.92 Å². The average molecular weight is 340 g/mol. The Morgan fingerprint density at radius 3 is 2.88 bits per heavy atom. The largest absolute Gasteiger partial charge is 0.342 e. The lowest BCUT2D eigenvalue weighted by atomic mass is 9.91. The third kappa shape index (κ3) is 4.13. The maximum Gasteiger partial charge on any atom is 0.224 e. The molecule has 1 atom stereocenters. The van der Waals surface area contributed by atoms with E-state index in [0.717, 1.165) is 31.6 Å².